The van der Waals surface area contributed by atoms with Crippen molar-refractivity contribution < 1.29 is 14.7 Å². The SMILES string of the molecule is Cn1cc(-c2ccc(CN(C(=O)C3CCCCC3)c3cccc(C=CC(=O)O)c3)cc2)cn1. The van der Waals surface area contributed by atoms with Crippen LogP contribution in [0.4, 0.5) is 5.69 Å². The molecule has 1 aliphatic carbocycles. The van der Waals surface area contributed by atoms with Gasteiger partial charge in [0.2, 0.25) is 5.91 Å². The average Bonchev–Trinajstić information content (AvgIpc) is 3.28. The molecule has 0 atom stereocenters. The van der Waals surface area contributed by atoms with Gasteiger partial charge in [0.15, 0.2) is 0 Å². The first-order valence-electron chi connectivity index (χ1n) is 11.4. The maximum Gasteiger partial charge on any atom is 0.328 e. The Kier molecular flexibility index (Phi) is 7.03. The standard InChI is InChI=1S/C27H29N3O3/c1-29-19-24(17-28-29)22-13-10-21(11-14-22)18-30(27(33)23-7-3-2-4-8-23)25-9-5-6-20(16-25)12-15-26(31)32/h5-6,9-17,19,23H,2-4,7-8,18H2,1H3,(H,31,32). The number of anilines is 1. The van der Waals surface area contributed by atoms with Crippen LogP contribution in [0.15, 0.2) is 67.0 Å². The molecular weight excluding hydrogens is 414 g/mol. The molecule has 0 radical (unpaired) electrons. The molecule has 2 aromatic carbocycles. The zero-order valence-corrected chi connectivity index (χ0v) is 18.9. The predicted octanol–water partition coefficient (Wildman–Crippen LogP) is 5.30. The molecule has 1 N–H and O–H groups in total. The molecule has 0 saturated heterocycles. The third-order valence-corrected chi connectivity index (χ3v) is 6.15. The Morgan fingerprint density at radius 1 is 1.09 bits per heavy atom. The highest BCUT2D eigenvalue weighted by Crippen LogP contribution is 2.30. The number of carbonyl (C=O) groups is 2. The summed E-state index contributed by atoms with van der Waals surface area (Å²) in [7, 11) is 1.90. The smallest absolute Gasteiger partial charge is 0.328 e. The fourth-order valence-corrected chi connectivity index (χ4v) is 4.39. The molecule has 170 valence electrons. The molecule has 0 spiro atoms. The van der Waals surface area contributed by atoms with Crippen molar-refractivity contribution in [3.05, 3.63) is 78.1 Å². The Morgan fingerprint density at radius 2 is 1.85 bits per heavy atom. The van der Waals surface area contributed by atoms with E-state index < -0.39 is 5.97 Å². The number of hydrogen-bond acceptors (Lipinski definition) is 3. The summed E-state index contributed by atoms with van der Waals surface area (Å²) in [6.45, 7) is 0.467. The number of carboxylic acids is 1. The minimum absolute atomic E-state index is 0.0339. The Bertz CT molecular complexity index is 1140. The zero-order chi connectivity index (χ0) is 23.2. The highest BCUT2D eigenvalue weighted by Gasteiger charge is 2.27. The molecule has 1 aromatic heterocycles. The Morgan fingerprint density at radius 3 is 2.52 bits per heavy atom. The number of carbonyl (C=O) groups excluding carboxylic acids is 1. The van der Waals surface area contributed by atoms with Crippen LogP contribution in [0.3, 0.4) is 0 Å². The van der Waals surface area contributed by atoms with Crippen molar-refractivity contribution in [2.75, 3.05) is 4.90 Å². The maximum absolute atomic E-state index is 13.6. The van der Waals surface area contributed by atoms with Gasteiger partial charge in [0.1, 0.15) is 0 Å². The molecule has 6 nitrogen and oxygen atoms in total. The molecule has 0 bridgehead atoms. The molecule has 1 amide bonds. The molecule has 4 rings (SSSR count). The topological polar surface area (TPSA) is 75.4 Å². The lowest BCUT2D eigenvalue weighted by Gasteiger charge is -2.30. The Labute approximate surface area is 194 Å². The van der Waals surface area contributed by atoms with E-state index in [2.05, 4.69) is 29.4 Å². The minimum atomic E-state index is -0.996. The molecule has 6 heteroatoms. The van der Waals surface area contributed by atoms with Crippen LogP contribution in [0.25, 0.3) is 17.2 Å². The van der Waals surface area contributed by atoms with Gasteiger partial charge >= 0.3 is 5.97 Å². The minimum Gasteiger partial charge on any atom is -0.478 e. The van der Waals surface area contributed by atoms with Gasteiger partial charge in [-0.1, -0.05) is 55.7 Å². The van der Waals surface area contributed by atoms with Crippen LogP contribution in [0.5, 0.6) is 0 Å². The number of aryl methyl sites for hydroxylation is 1. The molecule has 0 aliphatic heterocycles. The quantitative estimate of drug-likeness (QED) is 0.503. The van der Waals surface area contributed by atoms with Gasteiger partial charge < -0.3 is 10.0 Å². The highest BCUT2D eigenvalue weighted by molar-refractivity contribution is 5.95. The van der Waals surface area contributed by atoms with Crippen LogP contribution in [0.2, 0.25) is 0 Å². The number of rotatable bonds is 7. The number of hydrogen-bond donors (Lipinski definition) is 1. The largest absolute Gasteiger partial charge is 0.478 e. The van der Waals surface area contributed by atoms with Crippen molar-refractivity contribution in [2.45, 2.75) is 38.6 Å². The maximum atomic E-state index is 13.6. The zero-order valence-electron chi connectivity index (χ0n) is 18.9. The second-order valence-corrected chi connectivity index (χ2v) is 8.63. The normalized spacial score (nSPS) is 14.5. The van der Waals surface area contributed by atoms with E-state index in [1.807, 2.05) is 48.6 Å². The number of benzene rings is 2. The van der Waals surface area contributed by atoms with E-state index in [0.717, 1.165) is 59.7 Å². The van der Waals surface area contributed by atoms with Gasteiger partial charge in [-0.15, -0.1) is 0 Å². The molecule has 33 heavy (non-hydrogen) atoms. The van der Waals surface area contributed by atoms with Gasteiger partial charge in [-0.25, -0.2) is 4.79 Å². The van der Waals surface area contributed by atoms with Crippen LogP contribution in [0, 0.1) is 5.92 Å². The molecule has 1 aliphatic rings. The van der Waals surface area contributed by atoms with Crippen molar-refractivity contribution in [3.63, 3.8) is 0 Å². The van der Waals surface area contributed by atoms with Crippen LogP contribution in [-0.2, 0) is 23.2 Å². The number of aliphatic carboxylic acids is 1. The summed E-state index contributed by atoms with van der Waals surface area (Å²) in [5.41, 5.74) is 4.71. The Balaban J connectivity index is 1.61. The first-order chi connectivity index (χ1) is 16.0. The summed E-state index contributed by atoms with van der Waals surface area (Å²) >= 11 is 0. The van der Waals surface area contributed by atoms with Crippen LogP contribution >= 0.6 is 0 Å². The second-order valence-electron chi connectivity index (χ2n) is 8.63. The van der Waals surface area contributed by atoms with Crippen molar-refractivity contribution >= 4 is 23.6 Å². The average molecular weight is 444 g/mol. The summed E-state index contributed by atoms with van der Waals surface area (Å²) in [4.78, 5) is 26.4. The van der Waals surface area contributed by atoms with E-state index in [9.17, 15) is 9.59 Å². The van der Waals surface area contributed by atoms with Crippen molar-refractivity contribution in [3.8, 4) is 11.1 Å². The molecule has 1 fully saturated rings. The van der Waals surface area contributed by atoms with Gasteiger partial charge in [0.25, 0.3) is 0 Å². The molecule has 0 unspecified atom stereocenters. The highest BCUT2D eigenvalue weighted by atomic mass is 16.4. The molecule has 1 heterocycles. The van der Waals surface area contributed by atoms with E-state index in [1.165, 1.54) is 6.42 Å². The number of amides is 1. The second kappa shape index (κ2) is 10.3. The molecule has 1 saturated carbocycles. The van der Waals surface area contributed by atoms with E-state index in [1.54, 1.807) is 10.8 Å². The summed E-state index contributed by atoms with van der Waals surface area (Å²) < 4.78 is 1.78. The fraction of sp³-hybridized carbons (Fsp3) is 0.296. The summed E-state index contributed by atoms with van der Waals surface area (Å²) in [5, 5.41) is 13.2. The lowest BCUT2D eigenvalue weighted by atomic mass is 9.88. The summed E-state index contributed by atoms with van der Waals surface area (Å²) in [5.74, 6) is -0.818. The fourth-order valence-electron chi connectivity index (χ4n) is 4.39. The van der Waals surface area contributed by atoms with Crippen LogP contribution < -0.4 is 4.90 Å². The van der Waals surface area contributed by atoms with Crippen LogP contribution in [-0.4, -0.2) is 26.8 Å². The van der Waals surface area contributed by atoms with E-state index in [-0.39, 0.29) is 11.8 Å². The first-order valence-corrected chi connectivity index (χ1v) is 11.4. The number of aromatic nitrogens is 2. The Hall–Kier alpha value is -3.67. The van der Waals surface area contributed by atoms with E-state index >= 15 is 0 Å². The van der Waals surface area contributed by atoms with Gasteiger partial charge in [0.05, 0.1) is 12.7 Å². The van der Waals surface area contributed by atoms with Crippen molar-refractivity contribution in [2.24, 2.45) is 13.0 Å². The predicted molar refractivity (Wildman–Crippen MR) is 130 cm³/mol. The number of carboxylic acid groups (broad SMARTS) is 1. The lowest BCUT2D eigenvalue weighted by Crippen LogP contribution is -2.36. The van der Waals surface area contributed by atoms with Crippen molar-refractivity contribution in [1.82, 2.24) is 9.78 Å². The monoisotopic (exact) mass is 443 g/mol. The first kappa shape index (κ1) is 22.5. The van der Waals surface area contributed by atoms with Crippen molar-refractivity contribution in [1.29, 1.82) is 0 Å². The van der Waals surface area contributed by atoms with Gasteiger partial charge in [0, 0.05) is 36.5 Å². The molecular formula is C27H29N3O3. The van der Waals surface area contributed by atoms with E-state index in [0.29, 0.717) is 6.54 Å². The third kappa shape index (κ3) is 5.77. The summed E-state index contributed by atoms with van der Waals surface area (Å²) in [6.07, 6.45) is 11.7. The molecule has 3 aromatic rings. The van der Waals surface area contributed by atoms with Gasteiger partial charge in [-0.2, -0.15) is 5.10 Å². The third-order valence-electron chi connectivity index (χ3n) is 6.15. The number of nitrogens with zero attached hydrogens (tertiary/aromatic N) is 3. The summed E-state index contributed by atoms with van der Waals surface area (Å²) in [6, 6.07) is 15.7. The van der Waals surface area contributed by atoms with Gasteiger partial charge in [-0.05, 0) is 47.7 Å². The van der Waals surface area contributed by atoms with Gasteiger partial charge in [-0.3, -0.25) is 9.48 Å². The lowest BCUT2D eigenvalue weighted by molar-refractivity contribution is -0.131. The van der Waals surface area contributed by atoms with E-state index in [4.69, 9.17) is 5.11 Å². The van der Waals surface area contributed by atoms with Crippen LogP contribution in [0.1, 0.15) is 43.2 Å².